The normalized spacial score (nSPS) is 18.4. The van der Waals surface area contributed by atoms with Crippen LogP contribution in [0, 0.1) is 5.92 Å². The number of para-hydroxylation sites is 1. The van der Waals surface area contributed by atoms with Crippen LogP contribution >= 0.6 is 7.52 Å². The monoisotopic (exact) mass is 572 g/mol. The first-order chi connectivity index (χ1) is 17.6. The first-order valence-corrected chi connectivity index (χ1v) is 14.7. The number of nitrogens with zero attached hydrogens (tertiary/aromatic N) is 2. The Kier molecular flexibility index (Phi) is 7.10. The van der Waals surface area contributed by atoms with E-state index in [9.17, 15) is 36.1 Å². The highest BCUT2D eigenvalue weighted by Crippen LogP contribution is 2.52. The van der Waals surface area contributed by atoms with Crippen LogP contribution in [0.5, 0.6) is 5.75 Å². The highest BCUT2D eigenvalue weighted by Gasteiger charge is 2.37. The van der Waals surface area contributed by atoms with E-state index < -0.39 is 52.9 Å². The Morgan fingerprint density at radius 3 is 2.55 bits per heavy atom. The summed E-state index contributed by atoms with van der Waals surface area (Å²) in [7, 11) is -6.61. The van der Waals surface area contributed by atoms with Crippen molar-refractivity contribution in [3.05, 3.63) is 58.4 Å². The van der Waals surface area contributed by atoms with Crippen LogP contribution < -0.4 is 20.9 Å². The second-order valence-corrected chi connectivity index (χ2v) is 12.6. The summed E-state index contributed by atoms with van der Waals surface area (Å²) < 4.78 is 89.0. The van der Waals surface area contributed by atoms with E-state index in [1.165, 1.54) is 30.3 Å². The second-order valence-electron chi connectivity index (χ2n) is 8.81. The molecule has 3 aromatic rings. The Labute approximate surface area is 215 Å². The molecule has 38 heavy (non-hydrogen) atoms. The number of anilines is 2. The van der Waals surface area contributed by atoms with Gasteiger partial charge in [-0.1, -0.05) is 19.1 Å². The van der Waals surface area contributed by atoms with Crippen LogP contribution in [0.15, 0.2) is 52.0 Å². The molecule has 2 aromatic carbocycles. The molecule has 0 saturated heterocycles. The fraction of sp³-hybridized carbons (Fsp3) is 0.304. The second kappa shape index (κ2) is 9.75. The lowest BCUT2D eigenvalue weighted by Crippen LogP contribution is -2.34. The Bertz CT molecular complexity index is 1670. The topological polar surface area (TPSA) is 139 Å². The number of benzene rings is 2. The summed E-state index contributed by atoms with van der Waals surface area (Å²) in [5, 5.41) is 14.1. The molecule has 0 fully saturated rings. The summed E-state index contributed by atoms with van der Waals surface area (Å²) in [6.45, 7) is 0.708. The van der Waals surface area contributed by atoms with Gasteiger partial charge in [-0.3, -0.25) is 14.1 Å². The number of hydrogen-bond donors (Lipinski definition) is 3. The van der Waals surface area contributed by atoms with Gasteiger partial charge >= 0.3 is 13.7 Å². The average molecular weight is 573 g/mol. The number of aromatic hydroxyl groups is 1. The summed E-state index contributed by atoms with van der Waals surface area (Å²) in [5.74, 6) is -2.50. The van der Waals surface area contributed by atoms with Crippen molar-refractivity contribution in [2.24, 2.45) is 10.7 Å². The quantitative estimate of drug-likeness (QED) is 0.364. The van der Waals surface area contributed by atoms with Crippen molar-refractivity contribution in [3.8, 4) is 5.75 Å². The number of amidine groups is 1. The molecule has 0 radical (unpaired) electrons. The van der Waals surface area contributed by atoms with Crippen molar-refractivity contribution in [3.63, 3.8) is 0 Å². The lowest BCUT2D eigenvalue weighted by Gasteiger charge is -2.25. The number of sulfonamides is 1. The molecule has 0 saturated carbocycles. The molecule has 15 heteroatoms. The fourth-order valence-electron chi connectivity index (χ4n) is 4.05. The molecule has 2 heterocycles. The average Bonchev–Trinajstić information content (AvgIpc) is 2.83. The molecule has 0 amide bonds. The zero-order chi connectivity index (χ0) is 28.0. The third kappa shape index (κ3) is 5.29. The smallest absolute Gasteiger partial charge is 0.391 e. The molecular formula is C23H24F3N4O6PS. The lowest BCUT2D eigenvalue weighted by molar-refractivity contribution is -0.171. The first-order valence-electron chi connectivity index (χ1n) is 11.2. The van der Waals surface area contributed by atoms with Gasteiger partial charge in [-0.05, 0) is 36.8 Å². The lowest BCUT2D eigenvalue weighted by atomic mass is 10.1. The van der Waals surface area contributed by atoms with E-state index >= 15 is 0 Å². The van der Waals surface area contributed by atoms with Crippen molar-refractivity contribution >= 4 is 51.0 Å². The molecule has 3 N–H and O–H groups in total. The predicted octanol–water partition coefficient (Wildman–Crippen LogP) is 4.00. The van der Waals surface area contributed by atoms with Gasteiger partial charge in [-0.25, -0.2) is 8.42 Å². The number of aryl methyl sites for hydroxylation is 1. The maximum Gasteiger partial charge on any atom is 0.391 e. The summed E-state index contributed by atoms with van der Waals surface area (Å²) in [6.07, 6.45) is -3.90. The Morgan fingerprint density at radius 1 is 1.24 bits per heavy atom. The van der Waals surface area contributed by atoms with Gasteiger partial charge in [-0.15, -0.1) is 0 Å². The molecule has 0 bridgehead atoms. The molecule has 1 aromatic heterocycles. The van der Waals surface area contributed by atoms with E-state index in [0.29, 0.717) is 0 Å². The maximum atomic E-state index is 13.7. The van der Waals surface area contributed by atoms with Gasteiger partial charge < -0.3 is 19.5 Å². The molecule has 1 aliphatic rings. The van der Waals surface area contributed by atoms with Crippen LogP contribution in [0.1, 0.15) is 18.9 Å². The van der Waals surface area contributed by atoms with Crippen LogP contribution in [0.4, 0.5) is 24.5 Å². The van der Waals surface area contributed by atoms with E-state index in [4.69, 9.17) is 4.52 Å². The van der Waals surface area contributed by atoms with Gasteiger partial charge in [0.1, 0.15) is 11.3 Å². The highest BCUT2D eigenvalue weighted by molar-refractivity contribution is 7.92. The van der Waals surface area contributed by atoms with E-state index in [1.807, 2.05) is 0 Å². The number of nitrogens with one attached hydrogen (secondary N) is 2. The van der Waals surface area contributed by atoms with Crippen molar-refractivity contribution in [1.82, 2.24) is 4.57 Å². The van der Waals surface area contributed by atoms with Gasteiger partial charge in [-0.2, -0.15) is 17.9 Å². The van der Waals surface area contributed by atoms with Gasteiger partial charge in [0.05, 0.1) is 28.7 Å². The number of alkyl halides is 3. The summed E-state index contributed by atoms with van der Waals surface area (Å²) >= 11 is 0. The van der Waals surface area contributed by atoms with E-state index in [-0.39, 0.29) is 40.0 Å². The number of pyridine rings is 1. The zero-order valence-corrected chi connectivity index (χ0v) is 22.1. The predicted molar refractivity (Wildman–Crippen MR) is 139 cm³/mol. The van der Waals surface area contributed by atoms with Gasteiger partial charge in [0.15, 0.2) is 5.84 Å². The van der Waals surface area contributed by atoms with E-state index in [1.54, 1.807) is 12.1 Å². The Morgan fingerprint density at radius 2 is 1.92 bits per heavy atom. The Balaban J connectivity index is 1.87. The van der Waals surface area contributed by atoms with Crippen LogP contribution in [0.3, 0.4) is 0 Å². The molecule has 2 atom stereocenters. The summed E-state index contributed by atoms with van der Waals surface area (Å²) in [4.78, 5) is 13.6. The molecular weight excluding hydrogens is 548 g/mol. The minimum atomic E-state index is -4.45. The largest absolute Gasteiger partial charge is 0.506 e. The van der Waals surface area contributed by atoms with Crippen molar-refractivity contribution in [1.29, 1.82) is 0 Å². The fourth-order valence-corrected chi connectivity index (χ4v) is 6.14. The molecule has 0 spiro atoms. The number of hydrogen-bond acceptors (Lipinski definition) is 7. The van der Waals surface area contributed by atoms with E-state index in [2.05, 4.69) is 14.8 Å². The number of rotatable bonds is 7. The Hall–Kier alpha value is -3.35. The minimum absolute atomic E-state index is 0.0111. The minimum Gasteiger partial charge on any atom is -0.506 e. The highest BCUT2D eigenvalue weighted by atomic mass is 32.2. The molecule has 10 nitrogen and oxygen atoms in total. The van der Waals surface area contributed by atoms with E-state index in [0.717, 1.165) is 24.9 Å². The molecule has 4 rings (SSSR count). The third-order valence-electron chi connectivity index (χ3n) is 6.06. The van der Waals surface area contributed by atoms with Crippen LogP contribution in [0.2, 0.25) is 0 Å². The molecule has 2 unspecified atom stereocenters. The number of fused-ring (bicyclic) bond motifs is 2. The van der Waals surface area contributed by atoms with Crippen molar-refractivity contribution in [2.75, 3.05) is 23.4 Å². The summed E-state index contributed by atoms with van der Waals surface area (Å²) in [6, 6.07) is 10.2. The van der Waals surface area contributed by atoms with Gasteiger partial charge in [0.2, 0.25) is 10.0 Å². The van der Waals surface area contributed by atoms with Crippen LogP contribution in [-0.2, 0) is 25.7 Å². The summed E-state index contributed by atoms with van der Waals surface area (Å²) in [5.41, 5.74) is -0.758. The van der Waals surface area contributed by atoms with Gasteiger partial charge in [0, 0.05) is 24.7 Å². The molecule has 0 aliphatic carbocycles. The number of aromatic nitrogens is 1. The standard InChI is InChI=1S/C23H24F3N4O6PS/c1-13(23(24,25)26)10-11-30-17-7-5-4-6-15(17)20(31)19(22(30)32)21-27-16-9-8-14(29-38(3,34)35)12-18(16)37(33,28-21)36-2/h4-9,12-13,29,31H,10-11H2,1-3H3,(H,27,28,33). The zero-order valence-electron chi connectivity index (χ0n) is 20.4. The van der Waals surface area contributed by atoms with Crippen LogP contribution in [-0.4, -0.2) is 43.5 Å². The molecule has 1 aliphatic heterocycles. The molecule has 204 valence electrons. The maximum absolute atomic E-state index is 13.7. The van der Waals surface area contributed by atoms with Crippen molar-refractivity contribution in [2.45, 2.75) is 26.1 Å². The number of halogens is 3. The third-order valence-corrected chi connectivity index (χ3v) is 8.61. The first kappa shape index (κ1) is 27.7. The van der Waals surface area contributed by atoms with Gasteiger partial charge in [0.25, 0.3) is 5.56 Å². The van der Waals surface area contributed by atoms with Crippen molar-refractivity contribution < 1.29 is 35.8 Å². The van der Waals surface area contributed by atoms with Crippen LogP contribution in [0.25, 0.3) is 10.9 Å². The SMILES string of the molecule is COP1(=O)N=C(c2c(O)c3ccccc3n(CCC(C)C(F)(F)F)c2=O)Nc2ccc(NS(C)(=O)=O)cc21.